The van der Waals surface area contributed by atoms with Crippen molar-refractivity contribution >= 4 is 15.9 Å². The summed E-state index contributed by atoms with van der Waals surface area (Å²) >= 11 is 3.50. The first-order chi connectivity index (χ1) is 11.1. The van der Waals surface area contributed by atoms with Crippen molar-refractivity contribution in [2.24, 2.45) is 0 Å². The lowest BCUT2D eigenvalue weighted by Crippen LogP contribution is -2.15. The molecule has 0 saturated heterocycles. The molecule has 1 aliphatic carbocycles. The normalized spacial score (nSPS) is 15.7. The van der Waals surface area contributed by atoms with E-state index in [1.54, 1.807) is 0 Å². The Labute approximate surface area is 146 Å². The maximum atomic E-state index is 6.00. The fourth-order valence-corrected chi connectivity index (χ4v) is 3.26. The van der Waals surface area contributed by atoms with Crippen LogP contribution in [0.15, 0.2) is 53.0 Å². The lowest BCUT2D eigenvalue weighted by Gasteiger charge is -2.17. The monoisotopic (exact) mass is 374 g/mol. The topological polar surface area (TPSA) is 18.5 Å². The molecule has 1 saturated carbocycles. The second-order valence-electron chi connectivity index (χ2n) is 6.59. The van der Waals surface area contributed by atoms with Crippen molar-refractivity contribution in [2.45, 2.75) is 44.8 Å². The Kier molecular flexibility index (Phi) is 5.08. The van der Waals surface area contributed by atoms with Gasteiger partial charge in [0, 0.05) is 9.89 Å². The minimum Gasteiger partial charge on any atom is -0.491 e. The molecule has 0 aromatic heterocycles. The van der Waals surface area contributed by atoms with E-state index in [2.05, 4.69) is 52.3 Å². The summed E-state index contributed by atoms with van der Waals surface area (Å²) < 4.78 is 12.8. The molecular weight excluding hydrogens is 352 g/mol. The molecule has 1 fully saturated rings. The quantitative estimate of drug-likeness (QED) is 0.638. The van der Waals surface area contributed by atoms with Gasteiger partial charge < -0.3 is 9.47 Å². The van der Waals surface area contributed by atoms with Gasteiger partial charge in [-0.3, -0.25) is 0 Å². The third kappa shape index (κ3) is 4.36. The van der Waals surface area contributed by atoms with Gasteiger partial charge in [0.2, 0.25) is 0 Å². The van der Waals surface area contributed by atoms with Crippen LogP contribution in [0.25, 0.3) is 0 Å². The maximum Gasteiger partial charge on any atom is 0.119 e. The third-order valence-electron chi connectivity index (χ3n) is 4.23. The first-order valence-corrected chi connectivity index (χ1v) is 8.96. The van der Waals surface area contributed by atoms with E-state index < -0.39 is 0 Å². The highest BCUT2D eigenvalue weighted by Gasteiger charge is 2.44. The van der Waals surface area contributed by atoms with Gasteiger partial charge in [0.05, 0.1) is 19.3 Å². The molecule has 0 unspecified atom stereocenters. The predicted octanol–water partition coefficient (Wildman–Crippen LogP) is 5.48. The van der Waals surface area contributed by atoms with E-state index >= 15 is 0 Å². The van der Waals surface area contributed by atoms with Crippen LogP contribution in [0.3, 0.4) is 0 Å². The average molecular weight is 375 g/mol. The van der Waals surface area contributed by atoms with Crippen LogP contribution < -0.4 is 4.74 Å². The van der Waals surface area contributed by atoms with Crippen molar-refractivity contribution in [2.75, 3.05) is 6.61 Å². The summed E-state index contributed by atoms with van der Waals surface area (Å²) in [4.78, 5) is 0. The molecule has 3 heteroatoms. The molecule has 0 N–H and O–H groups in total. The smallest absolute Gasteiger partial charge is 0.119 e. The van der Waals surface area contributed by atoms with Crippen molar-refractivity contribution in [3.05, 3.63) is 64.1 Å². The summed E-state index contributed by atoms with van der Waals surface area (Å²) in [5.41, 5.74) is 2.78. The Hall–Kier alpha value is -1.32. The molecular formula is C20H23BrO2. The highest BCUT2D eigenvalue weighted by Crippen LogP contribution is 2.48. The first kappa shape index (κ1) is 16.5. The van der Waals surface area contributed by atoms with Crippen LogP contribution >= 0.6 is 15.9 Å². The zero-order valence-corrected chi connectivity index (χ0v) is 15.3. The molecule has 0 bridgehead atoms. The van der Waals surface area contributed by atoms with Crippen LogP contribution in [0, 0.1) is 0 Å². The van der Waals surface area contributed by atoms with Gasteiger partial charge in [0.15, 0.2) is 0 Å². The zero-order valence-electron chi connectivity index (χ0n) is 13.7. The Morgan fingerprint density at radius 3 is 2.43 bits per heavy atom. The molecule has 0 atom stereocenters. The fraction of sp³-hybridized carbons (Fsp3) is 0.400. The van der Waals surface area contributed by atoms with Crippen LogP contribution in [-0.2, 0) is 16.8 Å². The summed E-state index contributed by atoms with van der Waals surface area (Å²) in [6.45, 7) is 5.54. The van der Waals surface area contributed by atoms with Crippen LogP contribution in [0.2, 0.25) is 0 Å². The Morgan fingerprint density at radius 2 is 1.83 bits per heavy atom. The first-order valence-electron chi connectivity index (χ1n) is 8.17. The van der Waals surface area contributed by atoms with Crippen LogP contribution in [0.4, 0.5) is 0 Å². The molecule has 1 aliphatic rings. The number of rotatable bonds is 7. The standard InChI is InChI=1S/C20H23BrO2/c1-15(2)23-19-8-6-17(7-9-19)20(10-11-20)14-22-13-16-4-3-5-18(21)12-16/h3-9,12,15H,10-11,13-14H2,1-2H3. The number of hydrogen-bond acceptors (Lipinski definition) is 2. The number of ether oxygens (including phenoxy) is 2. The van der Waals surface area contributed by atoms with Crippen molar-refractivity contribution in [3.8, 4) is 5.75 Å². The lowest BCUT2D eigenvalue weighted by molar-refractivity contribution is 0.100. The summed E-state index contributed by atoms with van der Waals surface area (Å²) in [5, 5.41) is 0. The molecule has 3 rings (SSSR count). The second-order valence-corrected chi connectivity index (χ2v) is 7.51. The number of halogens is 1. The predicted molar refractivity (Wildman–Crippen MR) is 96.9 cm³/mol. The van der Waals surface area contributed by atoms with E-state index in [9.17, 15) is 0 Å². The summed E-state index contributed by atoms with van der Waals surface area (Å²) in [6.07, 6.45) is 2.62. The van der Waals surface area contributed by atoms with Crippen LogP contribution in [0.5, 0.6) is 5.75 Å². The SMILES string of the molecule is CC(C)Oc1ccc(C2(COCc3cccc(Br)c3)CC2)cc1. The van der Waals surface area contributed by atoms with E-state index in [1.807, 2.05) is 26.0 Å². The van der Waals surface area contributed by atoms with E-state index in [0.29, 0.717) is 6.61 Å². The van der Waals surface area contributed by atoms with E-state index in [1.165, 1.54) is 24.0 Å². The van der Waals surface area contributed by atoms with Crippen LogP contribution in [-0.4, -0.2) is 12.7 Å². The summed E-state index contributed by atoms with van der Waals surface area (Å²) in [7, 11) is 0. The lowest BCUT2D eigenvalue weighted by atomic mass is 9.97. The highest BCUT2D eigenvalue weighted by molar-refractivity contribution is 9.10. The third-order valence-corrected chi connectivity index (χ3v) is 4.72. The maximum absolute atomic E-state index is 6.00. The largest absolute Gasteiger partial charge is 0.491 e. The van der Waals surface area contributed by atoms with E-state index in [0.717, 1.165) is 16.8 Å². The Bertz CT molecular complexity index is 645. The number of hydrogen-bond donors (Lipinski definition) is 0. The number of benzene rings is 2. The molecule has 0 amide bonds. The van der Waals surface area contributed by atoms with Gasteiger partial charge in [-0.05, 0) is 62.1 Å². The average Bonchev–Trinajstić information content (AvgIpc) is 3.28. The molecule has 0 radical (unpaired) electrons. The van der Waals surface area contributed by atoms with E-state index in [-0.39, 0.29) is 11.5 Å². The Balaban J connectivity index is 1.57. The molecule has 0 aliphatic heterocycles. The van der Waals surface area contributed by atoms with Gasteiger partial charge in [0.1, 0.15) is 5.75 Å². The summed E-state index contributed by atoms with van der Waals surface area (Å²) in [5.74, 6) is 0.939. The fourth-order valence-electron chi connectivity index (χ4n) is 2.82. The van der Waals surface area contributed by atoms with Crippen molar-refractivity contribution < 1.29 is 9.47 Å². The highest BCUT2D eigenvalue weighted by atomic mass is 79.9. The zero-order chi connectivity index (χ0) is 16.3. The van der Waals surface area contributed by atoms with E-state index in [4.69, 9.17) is 9.47 Å². The minimum atomic E-state index is 0.211. The summed E-state index contributed by atoms with van der Waals surface area (Å²) in [6, 6.07) is 16.8. The molecule has 2 aromatic rings. The van der Waals surface area contributed by atoms with Crippen molar-refractivity contribution in [1.82, 2.24) is 0 Å². The van der Waals surface area contributed by atoms with Gasteiger partial charge in [-0.25, -0.2) is 0 Å². The molecule has 2 aromatic carbocycles. The van der Waals surface area contributed by atoms with Crippen molar-refractivity contribution in [1.29, 1.82) is 0 Å². The van der Waals surface area contributed by atoms with Gasteiger partial charge >= 0.3 is 0 Å². The minimum absolute atomic E-state index is 0.211. The molecule has 0 spiro atoms. The second kappa shape index (κ2) is 7.06. The van der Waals surface area contributed by atoms with Gasteiger partial charge in [-0.15, -0.1) is 0 Å². The van der Waals surface area contributed by atoms with Gasteiger partial charge in [-0.1, -0.05) is 40.2 Å². The van der Waals surface area contributed by atoms with Crippen molar-refractivity contribution in [3.63, 3.8) is 0 Å². The molecule has 23 heavy (non-hydrogen) atoms. The van der Waals surface area contributed by atoms with Gasteiger partial charge in [-0.2, -0.15) is 0 Å². The Morgan fingerprint density at radius 1 is 1.09 bits per heavy atom. The van der Waals surface area contributed by atoms with Gasteiger partial charge in [0.25, 0.3) is 0 Å². The molecule has 0 heterocycles. The van der Waals surface area contributed by atoms with Crippen LogP contribution in [0.1, 0.15) is 37.8 Å². The molecule has 122 valence electrons. The molecule has 2 nitrogen and oxygen atoms in total.